The van der Waals surface area contributed by atoms with Crippen LogP contribution in [-0.4, -0.2) is 28.6 Å². The largest absolute Gasteiger partial charge is 0.477 e. The molecule has 1 N–H and O–H groups in total. The number of hydrogen-bond donors (Lipinski definition) is 1. The molecule has 0 saturated heterocycles. The lowest BCUT2D eigenvalue weighted by molar-refractivity contribution is -0.200. The van der Waals surface area contributed by atoms with E-state index in [4.69, 9.17) is 5.11 Å². The molecule has 0 aromatic heterocycles. The summed E-state index contributed by atoms with van der Waals surface area (Å²) in [6.07, 6.45) is 0. The van der Waals surface area contributed by atoms with Crippen molar-refractivity contribution >= 4 is 34.5 Å². The smallest absolute Gasteiger partial charge is 0.380 e. The van der Waals surface area contributed by atoms with Crippen LogP contribution in [0.1, 0.15) is 24.2 Å². The molecular weight excluding hydrogens is 373 g/mol. The second-order valence-corrected chi connectivity index (χ2v) is 5.54. The van der Waals surface area contributed by atoms with Crippen molar-refractivity contribution in [3.63, 3.8) is 0 Å². The third-order valence-electron chi connectivity index (χ3n) is 2.43. The zero-order chi connectivity index (χ0) is 14.8. The van der Waals surface area contributed by atoms with E-state index in [2.05, 4.69) is 4.74 Å². The second kappa shape index (κ2) is 5.40. The average Bonchev–Trinajstić information content (AvgIpc) is 2.27. The van der Waals surface area contributed by atoms with Crippen molar-refractivity contribution in [3.8, 4) is 0 Å². The van der Waals surface area contributed by atoms with Crippen molar-refractivity contribution in [2.75, 3.05) is 0 Å². The Morgan fingerprint density at radius 3 is 2.37 bits per heavy atom. The first-order valence-corrected chi connectivity index (χ1v) is 6.26. The number of esters is 1. The molecule has 0 aliphatic heterocycles. The van der Waals surface area contributed by atoms with Crippen LogP contribution in [-0.2, 0) is 9.53 Å². The van der Waals surface area contributed by atoms with Gasteiger partial charge in [-0.3, -0.25) is 0 Å². The highest BCUT2D eigenvalue weighted by Gasteiger charge is 2.56. The van der Waals surface area contributed by atoms with Crippen LogP contribution in [0.4, 0.5) is 8.78 Å². The lowest BCUT2D eigenvalue weighted by Gasteiger charge is -2.30. The summed E-state index contributed by atoms with van der Waals surface area (Å²) in [6.45, 7) is 1.71. The van der Waals surface area contributed by atoms with Gasteiger partial charge >= 0.3 is 17.9 Å². The normalized spacial score (nSPS) is 12.1. The number of carbonyl (C=O) groups excluding carboxylic acids is 1. The summed E-state index contributed by atoms with van der Waals surface area (Å²) in [5.41, 5.74) is -2.36. The molecule has 0 unspecified atom stereocenters. The van der Waals surface area contributed by atoms with Crippen molar-refractivity contribution in [2.24, 2.45) is 0 Å². The third-order valence-corrected chi connectivity index (χ3v) is 3.10. The molecule has 0 saturated carbocycles. The summed E-state index contributed by atoms with van der Waals surface area (Å²) in [6, 6.07) is 6.15. The zero-order valence-corrected chi connectivity index (χ0v) is 12.3. The number of carboxylic acids is 1. The molecule has 19 heavy (non-hydrogen) atoms. The van der Waals surface area contributed by atoms with Gasteiger partial charge in [-0.05, 0) is 54.6 Å². The Hall–Kier alpha value is -1.25. The first kappa shape index (κ1) is 15.8. The van der Waals surface area contributed by atoms with E-state index in [1.165, 1.54) is 12.1 Å². The molecule has 1 aromatic rings. The minimum Gasteiger partial charge on any atom is -0.477 e. The van der Waals surface area contributed by atoms with Gasteiger partial charge in [0.25, 0.3) is 0 Å². The number of aliphatic carboxylic acids is 1. The fourth-order valence-electron chi connectivity index (χ4n) is 1.23. The number of halogens is 3. The van der Waals surface area contributed by atoms with Gasteiger partial charge in [0, 0.05) is 3.57 Å². The highest BCUT2D eigenvalue weighted by Crippen LogP contribution is 2.32. The van der Waals surface area contributed by atoms with Gasteiger partial charge in [-0.25, -0.2) is 9.59 Å². The van der Waals surface area contributed by atoms with Crippen LogP contribution in [0.3, 0.4) is 0 Å². The van der Waals surface area contributed by atoms with Crippen LogP contribution in [0.2, 0.25) is 0 Å². The lowest BCUT2D eigenvalue weighted by Crippen LogP contribution is -2.51. The molecule has 0 fully saturated rings. The van der Waals surface area contributed by atoms with Crippen molar-refractivity contribution in [1.82, 2.24) is 0 Å². The Morgan fingerprint density at radius 1 is 1.32 bits per heavy atom. The molecule has 0 heterocycles. The van der Waals surface area contributed by atoms with E-state index in [0.29, 0.717) is 0 Å². The first-order valence-electron chi connectivity index (χ1n) is 5.18. The van der Waals surface area contributed by atoms with Gasteiger partial charge in [-0.15, -0.1) is 0 Å². The molecule has 104 valence electrons. The Balaban J connectivity index is 2.96. The average molecular weight is 384 g/mol. The molecule has 0 aliphatic carbocycles. The Morgan fingerprint density at radius 2 is 1.89 bits per heavy atom. The van der Waals surface area contributed by atoms with Gasteiger partial charge in [0.05, 0.1) is 5.56 Å². The second-order valence-electron chi connectivity index (χ2n) is 4.29. The van der Waals surface area contributed by atoms with Crippen molar-refractivity contribution < 1.29 is 28.2 Å². The minimum atomic E-state index is -4.18. The highest BCUT2D eigenvalue weighted by atomic mass is 127. The summed E-state index contributed by atoms with van der Waals surface area (Å²) in [4.78, 5) is 22.2. The van der Waals surface area contributed by atoms with Crippen LogP contribution < -0.4 is 0 Å². The van der Waals surface area contributed by atoms with Gasteiger partial charge in [0.1, 0.15) is 0 Å². The molecular formula is C12H11F2IO4. The number of benzene rings is 1. The van der Waals surface area contributed by atoms with E-state index in [9.17, 15) is 18.4 Å². The molecule has 0 bridgehead atoms. The SMILES string of the molecule is CC(C)(OC(=O)c1cccc(I)c1)C(F)(F)C(=O)O. The van der Waals surface area contributed by atoms with Gasteiger partial charge in [0.2, 0.25) is 0 Å². The Kier molecular flexibility index (Phi) is 4.49. The summed E-state index contributed by atoms with van der Waals surface area (Å²) in [5.74, 6) is -7.51. The number of hydrogen-bond acceptors (Lipinski definition) is 3. The molecule has 1 rings (SSSR count). The van der Waals surface area contributed by atoms with Crippen LogP contribution in [0.5, 0.6) is 0 Å². The van der Waals surface area contributed by atoms with Gasteiger partial charge in [-0.2, -0.15) is 8.78 Å². The summed E-state index contributed by atoms with van der Waals surface area (Å²) >= 11 is 1.95. The minimum absolute atomic E-state index is 0.0844. The fraction of sp³-hybridized carbons (Fsp3) is 0.333. The Labute approximate surface area is 121 Å². The summed E-state index contributed by atoms with van der Waals surface area (Å²) < 4.78 is 32.2. The van der Waals surface area contributed by atoms with E-state index < -0.39 is 23.5 Å². The summed E-state index contributed by atoms with van der Waals surface area (Å²) in [7, 11) is 0. The molecule has 0 radical (unpaired) electrons. The van der Waals surface area contributed by atoms with Crippen LogP contribution >= 0.6 is 22.6 Å². The quantitative estimate of drug-likeness (QED) is 0.641. The third kappa shape index (κ3) is 3.40. The predicted molar refractivity (Wildman–Crippen MR) is 71.2 cm³/mol. The van der Waals surface area contributed by atoms with Gasteiger partial charge < -0.3 is 9.84 Å². The first-order chi connectivity index (χ1) is 8.58. The van der Waals surface area contributed by atoms with E-state index in [-0.39, 0.29) is 5.56 Å². The molecule has 0 atom stereocenters. The summed E-state index contributed by atoms with van der Waals surface area (Å²) in [5, 5.41) is 8.46. The van der Waals surface area contributed by atoms with E-state index in [1.54, 1.807) is 12.1 Å². The zero-order valence-electron chi connectivity index (χ0n) is 10.1. The van der Waals surface area contributed by atoms with Gasteiger partial charge in [0.15, 0.2) is 5.60 Å². The Bertz CT molecular complexity index is 514. The topological polar surface area (TPSA) is 63.6 Å². The van der Waals surface area contributed by atoms with Crippen LogP contribution in [0.15, 0.2) is 24.3 Å². The number of alkyl halides is 2. The van der Waals surface area contributed by atoms with Gasteiger partial charge in [-0.1, -0.05) is 6.07 Å². The predicted octanol–water partition coefficient (Wildman–Crippen LogP) is 2.95. The molecule has 0 amide bonds. The number of carboxylic acid groups (broad SMARTS) is 1. The van der Waals surface area contributed by atoms with Crippen molar-refractivity contribution in [1.29, 1.82) is 0 Å². The molecule has 0 spiro atoms. The standard InChI is InChI=1S/C12H11F2IO4/c1-11(2,12(13,14)10(17)18)19-9(16)7-4-3-5-8(15)6-7/h3-6H,1-2H3,(H,17,18). The van der Waals surface area contributed by atoms with E-state index >= 15 is 0 Å². The maximum atomic E-state index is 13.4. The van der Waals surface area contributed by atoms with Crippen molar-refractivity contribution in [3.05, 3.63) is 33.4 Å². The fourth-order valence-corrected chi connectivity index (χ4v) is 1.77. The highest BCUT2D eigenvalue weighted by molar-refractivity contribution is 14.1. The molecule has 1 aromatic carbocycles. The molecule has 4 nitrogen and oxygen atoms in total. The molecule has 0 aliphatic rings. The number of carbonyl (C=O) groups is 2. The lowest BCUT2D eigenvalue weighted by atomic mass is 10.0. The number of ether oxygens (including phenoxy) is 1. The van der Waals surface area contributed by atoms with E-state index in [1.807, 2.05) is 22.6 Å². The maximum Gasteiger partial charge on any atom is 0.380 e. The van der Waals surface area contributed by atoms with Crippen LogP contribution in [0.25, 0.3) is 0 Å². The van der Waals surface area contributed by atoms with Crippen LogP contribution in [0, 0.1) is 3.57 Å². The van der Waals surface area contributed by atoms with Crippen molar-refractivity contribution in [2.45, 2.75) is 25.4 Å². The monoisotopic (exact) mass is 384 g/mol. The number of rotatable bonds is 4. The van der Waals surface area contributed by atoms with E-state index in [0.717, 1.165) is 17.4 Å². The molecule has 7 heteroatoms. The maximum absolute atomic E-state index is 13.4.